The molecule has 10 heteroatoms. The smallest absolute Gasteiger partial charge is 0.456 e. The molecule has 2 N–H and O–H groups in total. The van der Waals surface area contributed by atoms with Gasteiger partial charge in [-0.3, -0.25) is 18.6 Å². The van der Waals surface area contributed by atoms with Gasteiger partial charge >= 0.3 is 13.8 Å². The maximum atomic E-state index is 13.5. The van der Waals surface area contributed by atoms with Crippen molar-refractivity contribution < 1.29 is 37.3 Å². The lowest BCUT2D eigenvalue weighted by Crippen LogP contribution is -2.47. The zero-order chi connectivity index (χ0) is 50.1. The number of carbonyl (C=O) groups excluding carboxylic acids is 2. The lowest BCUT2D eigenvalue weighted by atomic mass is 10.0. The third-order valence-corrected chi connectivity index (χ3v) is 14.1. The van der Waals surface area contributed by atoms with Crippen LogP contribution in [0.5, 0.6) is 0 Å². The van der Waals surface area contributed by atoms with Crippen LogP contribution >= 0.6 is 7.82 Å². The van der Waals surface area contributed by atoms with Crippen LogP contribution < -0.4 is 5.32 Å². The molecule has 9 nitrogen and oxygen atoms in total. The Balaban J connectivity index is 5.32. The lowest BCUT2D eigenvalue weighted by Gasteiger charge is -2.27. The maximum absolute atomic E-state index is 13.5. The second-order valence-electron chi connectivity index (χ2n) is 21.2. The predicted octanol–water partition coefficient (Wildman–Crippen LogP) is 17.4. The molecular weight excluding hydrogens is 868 g/mol. The Hall–Kier alpha value is -1.51. The van der Waals surface area contributed by atoms with E-state index in [4.69, 9.17) is 13.8 Å². The van der Waals surface area contributed by atoms with Gasteiger partial charge in [0.25, 0.3) is 0 Å². The van der Waals surface area contributed by atoms with Crippen molar-refractivity contribution in [2.45, 2.75) is 296 Å². The first-order valence-corrected chi connectivity index (χ1v) is 30.7. The van der Waals surface area contributed by atoms with Crippen molar-refractivity contribution in [3.05, 3.63) is 24.3 Å². The normalized spacial score (nSPS) is 13.9. The van der Waals surface area contributed by atoms with Gasteiger partial charge in [-0.05, 0) is 57.4 Å². The number of rotatable bonds is 53. The van der Waals surface area contributed by atoms with Crippen molar-refractivity contribution in [3.8, 4) is 0 Å². The molecule has 0 aliphatic rings. The number of nitrogens with zero attached hydrogens (tertiary/aromatic N) is 1. The Morgan fingerprint density at radius 2 is 0.853 bits per heavy atom. The first kappa shape index (κ1) is 66.5. The summed E-state index contributed by atoms with van der Waals surface area (Å²) in [5.74, 6) is -0.498. The molecule has 3 atom stereocenters. The number of amides is 1. The molecular formula is C58H114N2O7P+. The molecule has 68 heavy (non-hydrogen) atoms. The van der Waals surface area contributed by atoms with Crippen LogP contribution in [0.2, 0.25) is 0 Å². The van der Waals surface area contributed by atoms with E-state index in [2.05, 4.69) is 38.2 Å². The molecule has 3 unspecified atom stereocenters. The number of ether oxygens (including phenoxy) is 1. The molecule has 0 aliphatic carbocycles. The van der Waals surface area contributed by atoms with Crippen LogP contribution in [0.4, 0.5) is 0 Å². The minimum Gasteiger partial charge on any atom is -0.456 e. The maximum Gasteiger partial charge on any atom is 0.472 e. The SMILES string of the molecule is CCCCCC/C=C\CCCCCCCCCC(=O)OC(/C=C/CCCCCCCCCCCC)C(COP(=O)(O)OCC[N+](C)(C)C)NC(=O)CCCCCCCCCCCCCCCCC. The van der Waals surface area contributed by atoms with Crippen molar-refractivity contribution in [1.82, 2.24) is 5.32 Å². The van der Waals surface area contributed by atoms with Gasteiger partial charge in [-0.25, -0.2) is 4.57 Å². The van der Waals surface area contributed by atoms with Gasteiger partial charge in [-0.15, -0.1) is 0 Å². The summed E-state index contributed by atoms with van der Waals surface area (Å²) in [6.07, 6.45) is 55.9. The molecule has 0 fully saturated rings. The fraction of sp³-hybridized carbons (Fsp3) is 0.897. The van der Waals surface area contributed by atoms with Crippen molar-refractivity contribution in [2.75, 3.05) is 40.9 Å². The number of carbonyl (C=O) groups is 2. The van der Waals surface area contributed by atoms with Crippen LogP contribution in [0.3, 0.4) is 0 Å². The van der Waals surface area contributed by atoms with Gasteiger partial charge in [0.15, 0.2) is 0 Å². The van der Waals surface area contributed by atoms with Crippen molar-refractivity contribution >= 4 is 19.7 Å². The highest BCUT2D eigenvalue weighted by Gasteiger charge is 2.30. The molecule has 0 radical (unpaired) electrons. The molecule has 0 aromatic rings. The topological polar surface area (TPSA) is 111 Å². The van der Waals surface area contributed by atoms with E-state index >= 15 is 0 Å². The number of phosphoric ester groups is 1. The molecule has 0 spiro atoms. The standard InChI is InChI=1S/C58H113N2O7P/c1-7-10-13-16-19-22-25-28-30-32-35-38-41-44-47-50-57(61)59-55(54-66-68(63,64)65-53-52-60(4,5)6)56(49-46-43-40-37-34-27-24-21-18-15-12-9-3)67-58(62)51-48-45-42-39-36-33-31-29-26-23-20-17-14-11-8-2/h23,26,46,49,55-56H,7-22,24-25,27-45,47-48,50-54H2,1-6H3,(H-,59,61,63,64)/p+1/b26-23-,49-46+. The zero-order valence-electron chi connectivity index (χ0n) is 45.9. The number of allylic oxidation sites excluding steroid dienone is 3. The lowest BCUT2D eigenvalue weighted by molar-refractivity contribution is -0.870. The van der Waals surface area contributed by atoms with Crippen molar-refractivity contribution in [2.24, 2.45) is 0 Å². The van der Waals surface area contributed by atoms with E-state index in [0.29, 0.717) is 23.9 Å². The summed E-state index contributed by atoms with van der Waals surface area (Å²) >= 11 is 0. The average molecular weight is 983 g/mol. The first-order valence-electron chi connectivity index (χ1n) is 29.2. The van der Waals surface area contributed by atoms with Gasteiger partial charge < -0.3 is 19.4 Å². The summed E-state index contributed by atoms with van der Waals surface area (Å²) in [5, 5.41) is 3.05. The Labute approximate surface area is 422 Å². The average Bonchev–Trinajstić information content (AvgIpc) is 3.29. The van der Waals surface area contributed by atoms with Gasteiger partial charge in [0, 0.05) is 12.8 Å². The number of nitrogens with one attached hydrogen (secondary N) is 1. The molecule has 0 saturated heterocycles. The second kappa shape index (κ2) is 49.1. The molecule has 0 heterocycles. The van der Waals surface area contributed by atoms with Gasteiger partial charge in [0.05, 0.1) is 33.8 Å². The van der Waals surface area contributed by atoms with Crippen LogP contribution in [0.1, 0.15) is 284 Å². The Morgan fingerprint density at radius 1 is 0.500 bits per heavy atom. The first-order chi connectivity index (χ1) is 32.9. The number of hydrogen-bond donors (Lipinski definition) is 2. The summed E-state index contributed by atoms with van der Waals surface area (Å²) in [6, 6.07) is -0.842. The zero-order valence-corrected chi connectivity index (χ0v) is 46.8. The van der Waals surface area contributed by atoms with E-state index in [1.807, 2.05) is 33.3 Å². The van der Waals surface area contributed by atoms with Crippen LogP contribution in [0.15, 0.2) is 24.3 Å². The third-order valence-electron chi connectivity index (χ3n) is 13.1. The van der Waals surface area contributed by atoms with Crippen LogP contribution in [0, 0.1) is 0 Å². The van der Waals surface area contributed by atoms with E-state index in [1.54, 1.807) is 0 Å². The summed E-state index contributed by atoms with van der Waals surface area (Å²) in [6.45, 7) is 7.02. The largest absolute Gasteiger partial charge is 0.472 e. The minimum atomic E-state index is -4.44. The van der Waals surface area contributed by atoms with E-state index in [0.717, 1.165) is 57.8 Å². The van der Waals surface area contributed by atoms with Gasteiger partial charge in [-0.1, -0.05) is 238 Å². The predicted molar refractivity (Wildman–Crippen MR) is 291 cm³/mol. The molecule has 0 aromatic carbocycles. The fourth-order valence-electron chi connectivity index (χ4n) is 8.58. The third kappa shape index (κ3) is 49.5. The van der Waals surface area contributed by atoms with Gasteiger partial charge in [0.2, 0.25) is 5.91 Å². The summed E-state index contributed by atoms with van der Waals surface area (Å²) in [7, 11) is 1.51. The molecule has 0 bridgehead atoms. The number of phosphoric acid groups is 1. The van der Waals surface area contributed by atoms with Gasteiger partial charge in [-0.2, -0.15) is 0 Å². The highest BCUT2D eigenvalue weighted by molar-refractivity contribution is 7.47. The van der Waals surface area contributed by atoms with Crippen LogP contribution in [0.25, 0.3) is 0 Å². The van der Waals surface area contributed by atoms with E-state index in [-0.39, 0.29) is 25.1 Å². The fourth-order valence-corrected chi connectivity index (χ4v) is 9.32. The molecule has 0 aliphatic heterocycles. The number of quaternary nitrogens is 1. The monoisotopic (exact) mass is 982 g/mol. The minimum absolute atomic E-state index is 0.0429. The van der Waals surface area contributed by atoms with Gasteiger partial charge in [0.1, 0.15) is 19.3 Å². The number of hydrogen-bond acceptors (Lipinski definition) is 6. The molecule has 0 rings (SSSR count). The van der Waals surface area contributed by atoms with Crippen molar-refractivity contribution in [1.29, 1.82) is 0 Å². The summed E-state index contributed by atoms with van der Waals surface area (Å²) < 4.78 is 30.6. The van der Waals surface area contributed by atoms with E-state index in [1.165, 1.54) is 193 Å². The Morgan fingerprint density at radius 3 is 1.26 bits per heavy atom. The van der Waals surface area contributed by atoms with E-state index < -0.39 is 20.0 Å². The second-order valence-corrected chi connectivity index (χ2v) is 22.6. The van der Waals surface area contributed by atoms with E-state index in [9.17, 15) is 19.0 Å². The Kier molecular flexibility index (Phi) is 48.0. The molecule has 0 saturated carbocycles. The number of likely N-dealkylation sites (N-methyl/N-ethyl adjacent to an activating group) is 1. The van der Waals surface area contributed by atoms with Crippen molar-refractivity contribution in [3.63, 3.8) is 0 Å². The number of esters is 1. The van der Waals surface area contributed by atoms with Crippen LogP contribution in [-0.4, -0.2) is 74.3 Å². The van der Waals surface area contributed by atoms with Crippen LogP contribution in [-0.2, 0) is 27.9 Å². The number of unbranched alkanes of at least 4 members (excludes halogenated alkanes) is 35. The molecule has 1 amide bonds. The Bertz CT molecular complexity index is 1220. The molecule has 0 aromatic heterocycles. The quantitative estimate of drug-likeness (QED) is 0.0205. The summed E-state index contributed by atoms with van der Waals surface area (Å²) in [5.41, 5.74) is 0. The highest BCUT2D eigenvalue weighted by Crippen LogP contribution is 2.43. The molecule has 402 valence electrons. The summed E-state index contributed by atoms with van der Waals surface area (Å²) in [4.78, 5) is 37.6. The highest BCUT2D eigenvalue weighted by atomic mass is 31.2.